The van der Waals surface area contributed by atoms with Gasteiger partial charge in [-0.2, -0.15) is 0 Å². The lowest BCUT2D eigenvalue weighted by Crippen LogP contribution is -2.41. The van der Waals surface area contributed by atoms with E-state index >= 15 is 0 Å². The van der Waals surface area contributed by atoms with Crippen molar-refractivity contribution in [2.75, 3.05) is 24.6 Å². The molecule has 0 atom stereocenters. The number of nitrogens with zero attached hydrogens (tertiary/aromatic N) is 2. The van der Waals surface area contributed by atoms with Gasteiger partial charge in [-0.3, -0.25) is 24.1 Å². The fourth-order valence-electron chi connectivity index (χ4n) is 3.37. The normalized spacial score (nSPS) is 15.5. The molecule has 7 nitrogen and oxygen atoms in total. The molecule has 0 N–H and O–H groups in total. The van der Waals surface area contributed by atoms with Crippen molar-refractivity contribution in [3.8, 4) is 5.75 Å². The number of rotatable bonds is 5. The van der Waals surface area contributed by atoms with Crippen molar-refractivity contribution < 1.29 is 23.9 Å². The highest BCUT2D eigenvalue weighted by Gasteiger charge is 2.35. The Balaban J connectivity index is 1.47. The highest BCUT2D eigenvalue weighted by Crippen LogP contribution is 2.33. The number of carbonyl (C=O) groups excluding carboxylic acids is 4. The topological polar surface area (TPSA) is 84.0 Å². The van der Waals surface area contributed by atoms with E-state index in [-0.39, 0.29) is 30.9 Å². The maximum absolute atomic E-state index is 12.4. The van der Waals surface area contributed by atoms with Gasteiger partial charge in [-0.1, -0.05) is 12.1 Å². The molecule has 7 heteroatoms. The lowest BCUT2D eigenvalue weighted by Gasteiger charge is -2.30. The first kappa shape index (κ1) is 17.0. The first-order valence-electron chi connectivity index (χ1n) is 8.58. The molecule has 0 saturated carbocycles. The number of benzene rings is 2. The average molecular weight is 364 g/mol. The Hall–Kier alpha value is -3.48. The smallest absolute Gasteiger partial charge is 0.265 e. The van der Waals surface area contributed by atoms with Crippen LogP contribution >= 0.6 is 0 Å². The molecule has 27 heavy (non-hydrogen) atoms. The van der Waals surface area contributed by atoms with Gasteiger partial charge in [-0.05, 0) is 36.8 Å². The van der Waals surface area contributed by atoms with Crippen LogP contribution in [0.2, 0.25) is 0 Å². The maximum atomic E-state index is 12.4. The highest BCUT2D eigenvalue weighted by atomic mass is 16.5. The Labute approximate surface area is 155 Å². The summed E-state index contributed by atoms with van der Waals surface area (Å²) in [5, 5.41) is 0. The molecule has 2 aliphatic heterocycles. The molecule has 0 spiro atoms. The number of hydrogen-bond donors (Lipinski definition) is 0. The van der Waals surface area contributed by atoms with Crippen LogP contribution in [0.1, 0.15) is 37.5 Å². The third-order valence-corrected chi connectivity index (χ3v) is 4.70. The van der Waals surface area contributed by atoms with E-state index in [1.807, 2.05) is 0 Å². The minimum Gasteiger partial charge on any atom is -0.482 e. The van der Waals surface area contributed by atoms with Crippen molar-refractivity contribution >= 4 is 29.7 Å². The number of carbonyl (C=O) groups is 4. The van der Waals surface area contributed by atoms with E-state index in [9.17, 15) is 19.2 Å². The number of imide groups is 1. The molecule has 2 aromatic carbocycles. The van der Waals surface area contributed by atoms with Crippen molar-refractivity contribution in [1.29, 1.82) is 0 Å². The summed E-state index contributed by atoms with van der Waals surface area (Å²) in [6, 6.07) is 11.6. The molecular formula is C20H16N2O5. The minimum absolute atomic E-state index is 0.0829. The molecule has 0 bridgehead atoms. The average Bonchev–Trinajstić information content (AvgIpc) is 2.94. The zero-order valence-electron chi connectivity index (χ0n) is 14.4. The van der Waals surface area contributed by atoms with E-state index in [4.69, 9.17) is 4.74 Å². The number of amides is 3. The fraction of sp³-hybridized carbons (Fsp3) is 0.200. The number of ether oxygens (including phenoxy) is 1. The SMILES string of the molecule is O=Cc1ccc2c(c1)N(CCCN1C(=O)c3ccccc3C1=O)C(=O)CO2. The summed E-state index contributed by atoms with van der Waals surface area (Å²) >= 11 is 0. The first-order valence-corrected chi connectivity index (χ1v) is 8.58. The highest BCUT2D eigenvalue weighted by molar-refractivity contribution is 6.21. The second-order valence-corrected chi connectivity index (χ2v) is 6.34. The molecule has 0 aliphatic carbocycles. The van der Waals surface area contributed by atoms with Gasteiger partial charge < -0.3 is 9.64 Å². The Morgan fingerprint density at radius 3 is 2.26 bits per heavy atom. The molecular weight excluding hydrogens is 348 g/mol. The molecule has 2 aliphatic rings. The summed E-state index contributed by atoms with van der Waals surface area (Å²) in [5.41, 5.74) is 1.78. The van der Waals surface area contributed by atoms with Crippen LogP contribution < -0.4 is 9.64 Å². The largest absolute Gasteiger partial charge is 0.482 e. The third-order valence-electron chi connectivity index (χ3n) is 4.70. The monoisotopic (exact) mass is 364 g/mol. The summed E-state index contributed by atoms with van der Waals surface area (Å²) in [4.78, 5) is 50.8. The van der Waals surface area contributed by atoms with Gasteiger partial charge in [-0.25, -0.2) is 0 Å². The molecule has 0 aromatic heterocycles. The Morgan fingerprint density at radius 2 is 1.59 bits per heavy atom. The predicted octanol–water partition coefficient (Wildman–Crippen LogP) is 1.91. The van der Waals surface area contributed by atoms with Crippen LogP contribution in [-0.2, 0) is 4.79 Å². The first-order chi connectivity index (χ1) is 13.1. The zero-order chi connectivity index (χ0) is 19.0. The minimum atomic E-state index is -0.312. The van der Waals surface area contributed by atoms with Crippen LogP contribution in [0, 0.1) is 0 Å². The van der Waals surface area contributed by atoms with E-state index < -0.39 is 0 Å². The van der Waals surface area contributed by atoms with Crippen LogP contribution in [-0.4, -0.2) is 48.6 Å². The number of fused-ring (bicyclic) bond motifs is 2. The summed E-state index contributed by atoms with van der Waals surface area (Å²) in [6.07, 6.45) is 1.12. The number of hydrogen-bond acceptors (Lipinski definition) is 5. The summed E-state index contributed by atoms with van der Waals surface area (Å²) in [7, 11) is 0. The van der Waals surface area contributed by atoms with Crippen molar-refractivity contribution in [2.45, 2.75) is 6.42 Å². The molecule has 136 valence electrons. The summed E-state index contributed by atoms with van der Waals surface area (Å²) in [5.74, 6) is -0.325. The molecule has 0 fully saturated rings. The number of aldehydes is 1. The van der Waals surface area contributed by atoms with E-state index in [0.717, 1.165) is 0 Å². The lowest BCUT2D eigenvalue weighted by atomic mass is 10.1. The van der Waals surface area contributed by atoms with Gasteiger partial charge in [0.05, 0.1) is 16.8 Å². The number of anilines is 1. The van der Waals surface area contributed by atoms with E-state index in [1.54, 1.807) is 42.5 Å². The Kier molecular flexibility index (Phi) is 4.19. The molecule has 3 amide bonds. The van der Waals surface area contributed by atoms with Crippen LogP contribution in [0.4, 0.5) is 5.69 Å². The zero-order valence-corrected chi connectivity index (χ0v) is 14.4. The van der Waals surface area contributed by atoms with Gasteiger partial charge in [0, 0.05) is 18.7 Å². The van der Waals surface area contributed by atoms with Crippen LogP contribution in [0.5, 0.6) is 5.75 Å². The third kappa shape index (κ3) is 2.87. The van der Waals surface area contributed by atoms with Gasteiger partial charge in [0.2, 0.25) is 0 Å². The maximum Gasteiger partial charge on any atom is 0.265 e. The molecule has 2 heterocycles. The molecule has 0 radical (unpaired) electrons. The second-order valence-electron chi connectivity index (χ2n) is 6.34. The van der Waals surface area contributed by atoms with Crippen LogP contribution in [0.15, 0.2) is 42.5 Å². The van der Waals surface area contributed by atoms with Crippen molar-refractivity contribution in [2.24, 2.45) is 0 Å². The molecule has 0 saturated heterocycles. The van der Waals surface area contributed by atoms with Gasteiger partial charge >= 0.3 is 0 Å². The van der Waals surface area contributed by atoms with Crippen molar-refractivity contribution in [3.63, 3.8) is 0 Å². The van der Waals surface area contributed by atoms with E-state index in [2.05, 4.69) is 0 Å². The quantitative estimate of drug-likeness (QED) is 0.598. The van der Waals surface area contributed by atoms with Crippen LogP contribution in [0.25, 0.3) is 0 Å². The van der Waals surface area contributed by atoms with Crippen LogP contribution in [0.3, 0.4) is 0 Å². The van der Waals surface area contributed by atoms with E-state index in [0.29, 0.717) is 47.4 Å². The van der Waals surface area contributed by atoms with Gasteiger partial charge in [0.1, 0.15) is 12.0 Å². The Morgan fingerprint density at radius 1 is 0.926 bits per heavy atom. The molecule has 2 aromatic rings. The van der Waals surface area contributed by atoms with E-state index in [1.165, 1.54) is 9.80 Å². The summed E-state index contributed by atoms with van der Waals surface area (Å²) < 4.78 is 5.40. The fourth-order valence-corrected chi connectivity index (χ4v) is 3.37. The lowest BCUT2D eigenvalue weighted by molar-refractivity contribution is -0.121. The molecule has 0 unspecified atom stereocenters. The van der Waals surface area contributed by atoms with Gasteiger partial charge in [-0.15, -0.1) is 0 Å². The second kappa shape index (κ2) is 6.68. The van der Waals surface area contributed by atoms with Crippen molar-refractivity contribution in [1.82, 2.24) is 4.90 Å². The van der Waals surface area contributed by atoms with Gasteiger partial charge in [0.15, 0.2) is 6.61 Å². The van der Waals surface area contributed by atoms with Gasteiger partial charge in [0.25, 0.3) is 17.7 Å². The standard InChI is InChI=1S/C20H16N2O5/c23-11-13-6-7-17-16(10-13)21(18(24)12-27-17)8-3-9-22-19(25)14-4-1-2-5-15(14)20(22)26/h1-2,4-7,10-11H,3,8-9,12H2. The Bertz CT molecular complexity index is 934. The molecule has 4 rings (SSSR count). The summed E-state index contributed by atoms with van der Waals surface area (Å²) in [6.45, 7) is 0.436. The van der Waals surface area contributed by atoms with Crippen molar-refractivity contribution in [3.05, 3.63) is 59.2 Å². The predicted molar refractivity (Wildman–Crippen MR) is 96.1 cm³/mol.